The maximum Gasteiger partial charge on any atom is 0.312 e. The monoisotopic (exact) mass is 377 g/mol. The molecule has 2 rings (SSSR count). The van der Waals surface area contributed by atoms with Gasteiger partial charge in [0.25, 0.3) is 5.91 Å². The fraction of sp³-hybridized carbons (Fsp3) is 0.0667. The van der Waals surface area contributed by atoms with Crippen molar-refractivity contribution < 1.29 is 14.8 Å². The van der Waals surface area contributed by atoms with Gasteiger partial charge in [0.2, 0.25) is 5.75 Å². The van der Waals surface area contributed by atoms with E-state index >= 15 is 0 Å². The highest BCUT2D eigenvalue weighted by Crippen LogP contribution is 2.32. The molecule has 8 heteroatoms. The average Bonchev–Trinajstić information content (AvgIpc) is 2.50. The van der Waals surface area contributed by atoms with Gasteiger partial charge in [-0.1, -0.05) is 34.1 Å². The second kappa shape index (κ2) is 7.01. The SMILES string of the molecule is Cc1ccccc1C(=O)N/N=C/c1cc(Br)cc([N+](=O)[O-])c1O. The lowest BCUT2D eigenvalue weighted by molar-refractivity contribution is -0.385. The predicted octanol–water partition coefficient (Wildman–Crippen LogP) is 3.14. The van der Waals surface area contributed by atoms with E-state index in [1.807, 2.05) is 6.07 Å². The second-order valence-corrected chi connectivity index (χ2v) is 5.55. The number of halogens is 1. The number of aromatic hydroxyl groups is 1. The summed E-state index contributed by atoms with van der Waals surface area (Å²) in [4.78, 5) is 22.1. The van der Waals surface area contributed by atoms with Crippen LogP contribution in [0.25, 0.3) is 0 Å². The molecule has 0 radical (unpaired) electrons. The lowest BCUT2D eigenvalue weighted by Gasteiger charge is -2.04. The Balaban J connectivity index is 2.20. The molecule has 7 nitrogen and oxygen atoms in total. The summed E-state index contributed by atoms with van der Waals surface area (Å²) in [5.74, 6) is -0.935. The molecular formula is C15H12BrN3O4. The molecule has 0 aliphatic carbocycles. The van der Waals surface area contributed by atoms with Gasteiger partial charge in [0.1, 0.15) is 0 Å². The number of carbonyl (C=O) groups is 1. The van der Waals surface area contributed by atoms with Crippen molar-refractivity contribution in [3.05, 3.63) is 67.7 Å². The van der Waals surface area contributed by atoms with Crippen LogP contribution in [0.3, 0.4) is 0 Å². The molecule has 0 spiro atoms. The number of nitrogens with zero attached hydrogens (tertiary/aromatic N) is 2. The van der Waals surface area contributed by atoms with Crippen molar-refractivity contribution in [2.75, 3.05) is 0 Å². The zero-order valence-electron chi connectivity index (χ0n) is 12.0. The number of carbonyl (C=O) groups excluding carboxylic acids is 1. The summed E-state index contributed by atoms with van der Waals surface area (Å²) >= 11 is 3.12. The van der Waals surface area contributed by atoms with E-state index in [9.17, 15) is 20.0 Å². The molecule has 0 aliphatic heterocycles. The lowest BCUT2D eigenvalue weighted by atomic mass is 10.1. The maximum atomic E-state index is 12.0. The van der Waals surface area contributed by atoms with E-state index in [4.69, 9.17) is 0 Å². The van der Waals surface area contributed by atoms with Gasteiger partial charge in [0, 0.05) is 21.7 Å². The highest BCUT2D eigenvalue weighted by atomic mass is 79.9. The van der Waals surface area contributed by atoms with Gasteiger partial charge in [0.05, 0.1) is 11.1 Å². The number of rotatable bonds is 4. The van der Waals surface area contributed by atoms with Crippen molar-refractivity contribution in [2.45, 2.75) is 6.92 Å². The number of phenols is 1. The zero-order chi connectivity index (χ0) is 17.0. The van der Waals surface area contributed by atoms with Crippen molar-refractivity contribution >= 4 is 33.7 Å². The van der Waals surface area contributed by atoms with Gasteiger partial charge in [-0.15, -0.1) is 0 Å². The summed E-state index contributed by atoms with van der Waals surface area (Å²) in [6.07, 6.45) is 1.14. The van der Waals surface area contributed by atoms with Crippen molar-refractivity contribution in [3.8, 4) is 5.75 Å². The molecule has 0 bridgehead atoms. The maximum absolute atomic E-state index is 12.0. The van der Waals surface area contributed by atoms with Gasteiger partial charge in [-0.25, -0.2) is 5.43 Å². The van der Waals surface area contributed by atoms with Crippen LogP contribution in [0.1, 0.15) is 21.5 Å². The van der Waals surface area contributed by atoms with Crippen LogP contribution in [-0.2, 0) is 0 Å². The molecule has 0 saturated heterocycles. The van der Waals surface area contributed by atoms with Crippen LogP contribution in [0, 0.1) is 17.0 Å². The predicted molar refractivity (Wildman–Crippen MR) is 88.7 cm³/mol. The molecule has 118 valence electrons. The fourth-order valence-electron chi connectivity index (χ4n) is 1.89. The summed E-state index contributed by atoms with van der Waals surface area (Å²) in [5.41, 5.74) is 3.23. The smallest absolute Gasteiger partial charge is 0.312 e. The number of benzene rings is 2. The molecule has 2 N–H and O–H groups in total. The van der Waals surface area contributed by atoms with Gasteiger partial charge < -0.3 is 5.11 Å². The van der Waals surface area contributed by atoms with Crippen LogP contribution >= 0.6 is 15.9 Å². The third-order valence-corrected chi connectivity index (χ3v) is 3.50. The molecule has 23 heavy (non-hydrogen) atoms. The van der Waals surface area contributed by atoms with Crippen LogP contribution in [-0.4, -0.2) is 22.2 Å². The minimum atomic E-state index is -0.705. The topological polar surface area (TPSA) is 105 Å². The molecule has 0 unspecified atom stereocenters. The first kappa shape index (κ1) is 16.6. The molecule has 0 fully saturated rings. The molecule has 0 heterocycles. The number of nitro benzene ring substituents is 1. The molecular weight excluding hydrogens is 366 g/mol. The Kier molecular flexibility index (Phi) is 5.07. The zero-order valence-corrected chi connectivity index (χ0v) is 13.6. The van der Waals surface area contributed by atoms with E-state index in [2.05, 4.69) is 26.5 Å². The Morgan fingerprint density at radius 2 is 2.09 bits per heavy atom. The highest BCUT2D eigenvalue weighted by molar-refractivity contribution is 9.10. The van der Waals surface area contributed by atoms with E-state index in [0.29, 0.717) is 10.0 Å². The van der Waals surface area contributed by atoms with E-state index in [0.717, 1.165) is 11.8 Å². The minimum absolute atomic E-state index is 0.108. The lowest BCUT2D eigenvalue weighted by Crippen LogP contribution is -2.18. The molecule has 0 aliphatic rings. The van der Waals surface area contributed by atoms with Crippen LogP contribution in [0.4, 0.5) is 5.69 Å². The van der Waals surface area contributed by atoms with Crippen molar-refractivity contribution in [3.63, 3.8) is 0 Å². The highest BCUT2D eigenvalue weighted by Gasteiger charge is 2.17. The quantitative estimate of drug-likeness (QED) is 0.484. The summed E-state index contributed by atoms with van der Waals surface area (Å²) < 4.78 is 0.411. The summed E-state index contributed by atoms with van der Waals surface area (Å²) in [6, 6.07) is 9.62. The normalized spacial score (nSPS) is 10.7. The molecule has 0 atom stereocenters. The van der Waals surface area contributed by atoms with Crippen LogP contribution in [0.2, 0.25) is 0 Å². The van der Waals surface area contributed by atoms with E-state index < -0.39 is 22.3 Å². The Morgan fingerprint density at radius 1 is 1.39 bits per heavy atom. The number of hydrazone groups is 1. The van der Waals surface area contributed by atoms with Crippen LogP contribution in [0.15, 0.2) is 46.0 Å². The number of hydrogen-bond donors (Lipinski definition) is 2. The first-order chi connectivity index (χ1) is 10.9. The summed E-state index contributed by atoms with van der Waals surface area (Å²) in [5, 5.41) is 24.4. The fourth-order valence-corrected chi connectivity index (χ4v) is 2.35. The summed E-state index contributed by atoms with van der Waals surface area (Å²) in [7, 11) is 0. The summed E-state index contributed by atoms with van der Waals surface area (Å²) in [6.45, 7) is 1.79. The molecule has 2 aromatic rings. The molecule has 0 saturated carbocycles. The first-order valence-corrected chi connectivity index (χ1v) is 7.25. The average molecular weight is 378 g/mol. The Bertz CT molecular complexity index is 805. The van der Waals surface area contributed by atoms with Crippen LogP contribution < -0.4 is 5.43 Å². The van der Waals surface area contributed by atoms with Gasteiger partial charge in [-0.3, -0.25) is 14.9 Å². The Hall–Kier alpha value is -2.74. The van der Waals surface area contributed by atoms with E-state index in [-0.39, 0.29) is 5.56 Å². The van der Waals surface area contributed by atoms with Gasteiger partial charge in [-0.05, 0) is 24.6 Å². The van der Waals surface area contributed by atoms with Gasteiger partial charge >= 0.3 is 5.69 Å². The molecule has 1 amide bonds. The Labute approximate surface area is 139 Å². The number of nitro groups is 1. The van der Waals surface area contributed by atoms with E-state index in [1.54, 1.807) is 25.1 Å². The third kappa shape index (κ3) is 3.92. The van der Waals surface area contributed by atoms with Crippen molar-refractivity contribution in [2.24, 2.45) is 5.10 Å². The second-order valence-electron chi connectivity index (χ2n) is 4.63. The molecule has 0 aromatic heterocycles. The van der Waals surface area contributed by atoms with Crippen molar-refractivity contribution in [1.29, 1.82) is 0 Å². The number of phenolic OH excluding ortho intramolecular Hbond substituents is 1. The Morgan fingerprint density at radius 3 is 2.74 bits per heavy atom. The third-order valence-electron chi connectivity index (χ3n) is 3.04. The van der Waals surface area contributed by atoms with E-state index in [1.165, 1.54) is 12.1 Å². The number of amides is 1. The first-order valence-electron chi connectivity index (χ1n) is 6.46. The number of nitrogens with one attached hydrogen (secondary N) is 1. The molecule has 2 aromatic carbocycles. The minimum Gasteiger partial charge on any atom is -0.502 e. The van der Waals surface area contributed by atoms with Crippen molar-refractivity contribution in [1.82, 2.24) is 5.43 Å². The largest absolute Gasteiger partial charge is 0.502 e. The number of aryl methyl sites for hydroxylation is 1. The number of hydrogen-bond acceptors (Lipinski definition) is 5. The van der Waals surface area contributed by atoms with Crippen LogP contribution in [0.5, 0.6) is 5.75 Å². The van der Waals surface area contributed by atoms with Gasteiger partial charge in [-0.2, -0.15) is 5.10 Å². The van der Waals surface area contributed by atoms with Gasteiger partial charge in [0.15, 0.2) is 0 Å². The standard InChI is InChI=1S/C15H12BrN3O4/c1-9-4-2-3-5-12(9)15(21)18-17-8-10-6-11(16)7-13(14(10)20)19(22)23/h2-8,20H,1H3,(H,18,21)/b17-8+.